The number of nitrogens with one attached hydrogen (secondary N) is 2. The lowest BCUT2D eigenvalue weighted by Crippen LogP contribution is -2.23. The summed E-state index contributed by atoms with van der Waals surface area (Å²) in [5.74, 6) is -2.05. The smallest absolute Gasteiger partial charge is 0.374 e. The molecule has 0 bridgehead atoms. The van der Waals surface area contributed by atoms with E-state index >= 15 is 0 Å². The minimum atomic E-state index is -1.37. The van der Waals surface area contributed by atoms with Crippen LogP contribution >= 0.6 is 0 Å². The minimum Gasteiger partial charge on any atom is -0.475 e. The molecule has 0 aliphatic rings. The normalized spacial score (nSPS) is 10.8. The van der Waals surface area contributed by atoms with E-state index in [1.807, 2.05) is 133 Å². The molecule has 66 heavy (non-hydrogen) atoms. The molecule has 0 unspecified atom stereocenters. The summed E-state index contributed by atoms with van der Waals surface area (Å²) >= 11 is 0. The first-order chi connectivity index (χ1) is 31.8. The first-order valence-electron chi connectivity index (χ1n) is 21.4. The highest BCUT2D eigenvalue weighted by atomic mass is 17.1. The zero-order valence-electron chi connectivity index (χ0n) is 37.9. The molecule has 0 atom stereocenters. The molecule has 0 aliphatic carbocycles. The maximum Gasteiger partial charge on any atom is 0.374 e. The first-order valence-corrected chi connectivity index (χ1v) is 21.4. The average molecular weight is 911 g/mol. The second-order valence-electron chi connectivity index (χ2n) is 14.2. The van der Waals surface area contributed by atoms with Gasteiger partial charge in [0.05, 0.1) is 50.7 Å². The van der Waals surface area contributed by atoms with Gasteiger partial charge in [0.2, 0.25) is 5.76 Å². The number of aliphatic hydroxyl groups excluding tert-OH is 1. The van der Waals surface area contributed by atoms with Gasteiger partial charge in [-0.2, -0.15) is 0 Å². The fourth-order valence-corrected chi connectivity index (χ4v) is 7.25. The van der Waals surface area contributed by atoms with Crippen LogP contribution in [0, 0.1) is 0 Å². The number of benzene rings is 4. The number of aliphatic hydroxyl groups is 1. The van der Waals surface area contributed by atoms with Crippen LogP contribution in [0.4, 0.5) is 0 Å². The number of para-hydroxylation sites is 4. The van der Waals surface area contributed by atoms with Crippen molar-refractivity contribution in [3.05, 3.63) is 156 Å². The Kier molecular flexibility index (Phi) is 19.1. The molecule has 0 saturated heterocycles. The molecule has 352 valence electrons. The molecule has 8 rings (SSSR count). The van der Waals surface area contributed by atoms with Gasteiger partial charge in [-0.25, -0.2) is 34.1 Å². The van der Waals surface area contributed by atoms with Crippen molar-refractivity contribution in [2.75, 3.05) is 6.61 Å². The number of H-pyrrole nitrogens is 2. The van der Waals surface area contributed by atoms with Gasteiger partial charge in [0, 0.05) is 39.3 Å². The van der Waals surface area contributed by atoms with Crippen molar-refractivity contribution in [2.24, 2.45) is 0 Å². The van der Waals surface area contributed by atoms with E-state index in [-0.39, 0.29) is 36.0 Å². The average Bonchev–Trinajstić information content (AvgIpc) is 4.02. The fraction of sp³-hybridized carbons (Fsp3) is 0.298. The molecule has 0 spiro atoms. The number of aliphatic carboxylic acids is 1. The number of rotatable bonds is 12. The number of hydrogen-bond donors (Lipinski definition) is 6. The molecule has 19 heteroatoms. The minimum absolute atomic E-state index is 0.00511. The largest absolute Gasteiger partial charge is 0.475 e. The number of carboxylic acid groups (broad SMARTS) is 1. The van der Waals surface area contributed by atoms with Gasteiger partial charge < -0.3 is 25.1 Å². The van der Waals surface area contributed by atoms with Crippen LogP contribution in [-0.2, 0) is 60.4 Å². The highest BCUT2D eigenvalue weighted by Gasteiger charge is 2.13. The number of carboxylic acids is 1. The van der Waals surface area contributed by atoms with Gasteiger partial charge in [0.1, 0.15) is 6.61 Å². The highest BCUT2D eigenvalue weighted by Crippen LogP contribution is 2.18. The fourth-order valence-electron chi connectivity index (χ4n) is 7.25. The van der Waals surface area contributed by atoms with Crippen LogP contribution in [0.5, 0.6) is 0 Å². The maximum absolute atomic E-state index is 12.2. The molecule has 19 nitrogen and oxygen atoms in total. The van der Waals surface area contributed by atoms with Gasteiger partial charge in [-0.15, -0.1) is 0 Å². The Balaban J connectivity index is 0.000000187. The van der Waals surface area contributed by atoms with E-state index in [4.69, 9.17) is 20.7 Å². The molecule has 4 aromatic heterocycles. The lowest BCUT2D eigenvalue weighted by Gasteiger charge is -2.00. The van der Waals surface area contributed by atoms with Gasteiger partial charge in [-0.05, 0) is 108 Å². The summed E-state index contributed by atoms with van der Waals surface area (Å²) in [5.41, 5.74) is 9.29. The predicted octanol–water partition coefficient (Wildman–Crippen LogP) is 6.45. The van der Waals surface area contributed by atoms with Crippen LogP contribution < -0.4 is 22.8 Å². The Morgan fingerprint density at radius 2 is 0.985 bits per heavy atom. The summed E-state index contributed by atoms with van der Waals surface area (Å²) in [6, 6.07) is 26.9. The van der Waals surface area contributed by atoms with Crippen molar-refractivity contribution in [2.45, 2.75) is 87.4 Å². The van der Waals surface area contributed by atoms with Crippen molar-refractivity contribution in [3.8, 4) is 0 Å². The molecule has 6 N–H and O–H groups in total. The molecule has 4 aromatic carbocycles. The highest BCUT2D eigenvalue weighted by molar-refractivity contribution is 5.83. The van der Waals surface area contributed by atoms with E-state index < -0.39 is 11.7 Å². The lowest BCUT2D eigenvalue weighted by atomic mass is 10.2. The lowest BCUT2D eigenvalue weighted by molar-refractivity contribution is -0.231. The quantitative estimate of drug-likeness (QED) is 0.0336. The van der Waals surface area contributed by atoms with Crippen molar-refractivity contribution in [1.29, 1.82) is 0 Å². The molecule has 0 fully saturated rings. The van der Waals surface area contributed by atoms with Crippen LogP contribution in [0.15, 0.2) is 123 Å². The number of aryl methyl sites for hydroxylation is 6. The predicted molar refractivity (Wildman–Crippen MR) is 256 cm³/mol. The molecule has 4 heterocycles. The number of hydrogen-bond acceptors (Lipinski definition) is 10. The van der Waals surface area contributed by atoms with E-state index in [0.29, 0.717) is 26.2 Å². The molecular formula is C47H58N8O11. The Morgan fingerprint density at radius 3 is 1.36 bits per heavy atom. The molecule has 8 aromatic rings. The van der Waals surface area contributed by atoms with E-state index in [0.717, 1.165) is 68.4 Å². The summed E-state index contributed by atoms with van der Waals surface area (Å²) in [6.07, 6.45) is 3.57. The number of imidazole rings is 4. The van der Waals surface area contributed by atoms with Gasteiger partial charge in [-0.3, -0.25) is 32.7 Å². The van der Waals surface area contributed by atoms with E-state index in [1.54, 1.807) is 33.5 Å². The number of aromatic amines is 2. The molecule has 0 saturated carbocycles. The summed E-state index contributed by atoms with van der Waals surface area (Å²) in [6.45, 7) is 18.9. The van der Waals surface area contributed by atoms with Crippen LogP contribution in [0.3, 0.4) is 0 Å². The second kappa shape index (κ2) is 24.6. The second-order valence-corrected chi connectivity index (χ2v) is 14.2. The number of nitrogens with zero attached hydrogens (tertiary/aromatic N) is 6. The maximum atomic E-state index is 12.2. The van der Waals surface area contributed by atoms with Gasteiger partial charge in [-0.1, -0.05) is 48.6 Å². The molecule has 0 amide bonds. The Labute approximate surface area is 378 Å². The van der Waals surface area contributed by atoms with E-state index in [1.165, 1.54) is 0 Å². The van der Waals surface area contributed by atoms with E-state index in [2.05, 4.69) is 26.3 Å². The van der Waals surface area contributed by atoms with Crippen LogP contribution in [0.25, 0.3) is 50.2 Å². The Bertz CT molecular complexity index is 3070. The van der Waals surface area contributed by atoms with Crippen molar-refractivity contribution in [1.82, 2.24) is 37.4 Å². The number of carbonyl (C=O) groups is 1. The monoisotopic (exact) mass is 910 g/mol. The van der Waals surface area contributed by atoms with Crippen LogP contribution in [-0.4, -0.2) is 70.7 Å². The summed E-state index contributed by atoms with van der Waals surface area (Å²) in [5, 5.41) is 32.7. The third-order valence-corrected chi connectivity index (χ3v) is 10.4. The topological polar surface area (TPSA) is 246 Å². The van der Waals surface area contributed by atoms with Gasteiger partial charge in [0.15, 0.2) is 0 Å². The molecular weight excluding hydrogens is 853 g/mol. The van der Waals surface area contributed by atoms with Crippen molar-refractivity contribution >= 4 is 56.2 Å². The summed E-state index contributed by atoms with van der Waals surface area (Å²) in [4.78, 5) is 68.8. The van der Waals surface area contributed by atoms with Gasteiger partial charge in [0.25, 0.3) is 0 Å². The summed E-state index contributed by atoms with van der Waals surface area (Å²) < 4.78 is 10.6. The zero-order valence-corrected chi connectivity index (χ0v) is 37.9. The SMILES string of the molecule is C=C(OO)C(=O)O.CCn1c(=O)n(CC)c2cc(/C=C/COO)ccc21.CCn1c(=O)n(CC)c2cc(CO)ccc21.CCn1c(=O)n(CC)c2ccccc21.O=c1[nH]c2ccccc2[nH]1. The van der Waals surface area contributed by atoms with Gasteiger partial charge >= 0.3 is 28.7 Å². The standard InChI is InChI=1S/C14H18N2O3.C12H16N2O2.C11H14N2O.C7H6N2O.C3H4O4/c1-3-15-12-8-7-11(6-5-9-19-18)10-13(12)16(4-2)14(15)17;1-3-13-10-6-5-9(8-15)7-11(10)14(4-2)12(13)16;1-3-12-9-7-5-6-8-10(9)13(4-2)11(12)14;10-7-8-5-3-1-2-4-6(5)9-7;1-2(7-6)3(4)5/h5-8,10,18H,3-4,9H2,1-2H3;5-7,15H,3-4,8H2,1-2H3;5-8H,3-4H2,1-2H3;1-4H,(H2,8,9,10);6H,1H2,(H,4,5)/b6-5+;;;;. The van der Waals surface area contributed by atoms with Crippen molar-refractivity contribution < 1.29 is 35.3 Å². The van der Waals surface area contributed by atoms with Crippen molar-refractivity contribution in [3.63, 3.8) is 0 Å². The van der Waals surface area contributed by atoms with E-state index in [9.17, 15) is 24.0 Å². The Hall–Kier alpha value is -7.45. The number of fused-ring (bicyclic) bond motifs is 4. The zero-order chi connectivity index (χ0) is 48.5. The third kappa shape index (κ3) is 11.8. The van der Waals surface area contributed by atoms with Crippen LogP contribution in [0.1, 0.15) is 52.7 Å². The molecule has 0 aliphatic heterocycles. The van der Waals surface area contributed by atoms with Crippen LogP contribution in [0.2, 0.25) is 0 Å². The Morgan fingerprint density at radius 1 is 0.591 bits per heavy atom. The molecule has 0 radical (unpaired) electrons. The third-order valence-electron chi connectivity index (χ3n) is 10.4. The summed E-state index contributed by atoms with van der Waals surface area (Å²) in [7, 11) is 0. The number of aromatic nitrogens is 8. The first kappa shape index (κ1) is 51.2.